The van der Waals surface area contributed by atoms with Gasteiger partial charge in [-0.15, -0.1) is 0 Å². The number of carbonyl (C=O) groups excluding carboxylic acids is 1. The van der Waals surface area contributed by atoms with Crippen LogP contribution in [0.25, 0.3) is 0 Å². The summed E-state index contributed by atoms with van der Waals surface area (Å²) in [6, 6.07) is -0.240. The molecule has 0 radical (unpaired) electrons. The van der Waals surface area contributed by atoms with Crippen LogP contribution in [0.3, 0.4) is 0 Å². The van der Waals surface area contributed by atoms with E-state index in [2.05, 4.69) is 12.2 Å². The molecule has 0 saturated heterocycles. The maximum atomic E-state index is 11.4. The van der Waals surface area contributed by atoms with Gasteiger partial charge in [0.15, 0.2) is 0 Å². The van der Waals surface area contributed by atoms with Gasteiger partial charge in [0.2, 0.25) is 5.91 Å². The summed E-state index contributed by atoms with van der Waals surface area (Å²) in [5, 5.41) is 2.87. The molecule has 4 nitrogen and oxygen atoms in total. The Balaban J connectivity index is 3.71. The van der Waals surface area contributed by atoms with Crippen molar-refractivity contribution in [1.82, 2.24) is 5.32 Å². The van der Waals surface area contributed by atoms with Gasteiger partial charge < -0.3 is 15.8 Å². The summed E-state index contributed by atoms with van der Waals surface area (Å²) in [5.74, 6) is -0.0806. The number of ether oxygens (including phenoxy) is 1. The molecule has 1 amide bonds. The van der Waals surface area contributed by atoms with E-state index < -0.39 is 6.04 Å². The first-order chi connectivity index (χ1) is 6.61. The highest BCUT2D eigenvalue weighted by molar-refractivity contribution is 5.81. The Morgan fingerprint density at radius 2 is 2.14 bits per heavy atom. The molecule has 0 aliphatic heterocycles. The third-order valence-corrected chi connectivity index (χ3v) is 2.08. The largest absolute Gasteiger partial charge is 0.385 e. The van der Waals surface area contributed by atoms with Gasteiger partial charge >= 0.3 is 0 Å². The van der Waals surface area contributed by atoms with Crippen molar-refractivity contribution in [2.24, 2.45) is 5.73 Å². The summed E-state index contributed by atoms with van der Waals surface area (Å²) < 4.78 is 4.86. The van der Waals surface area contributed by atoms with Crippen LogP contribution in [0, 0.1) is 0 Å². The molecule has 2 unspecified atom stereocenters. The zero-order valence-electron chi connectivity index (χ0n) is 9.38. The van der Waals surface area contributed by atoms with E-state index >= 15 is 0 Å². The van der Waals surface area contributed by atoms with Crippen molar-refractivity contribution in [3.63, 3.8) is 0 Å². The Morgan fingerprint density at radius 1 is 1.50 bits per heavy atom. The van der Waals surface area contributed by atoms with E-state index in [0.717, 1.165) is 12.8 Å². The Kier molecular flexibility index (Phi) is 7.42. The molecule has 0 aromatic heterocycles. The number of hydrogen-bond acceptors (Lipinski definition) is 3. The molecule has 0 aromatic carbocycles. The van der Waals surface area contributed by atoms with E-state index in [-0.39, 0.29) is 11.9 Å². The first-order valence-electron chi connectivity index (χ1n) is 5.16. The smallest absolute Gasteiger partial charge is 0.237 e. The van der Waals surface area contributed by atoms with E-state index in [1.807, 2.05) is 6.92 Å². The number of amides is 1. The maximum Gasteiger partial charge on any atom is 0.237 e. The van der Waals surface area contributed by atoms with Gasteiger partial charge in [0.05, 0.1) is 6.04 Å². The molecule has 2 atom stereocenters. The molecule has 0 bridgehead atoms. The van der Waals surface area contributed by atoms with Gasteiger partial charge in [0, 0.05) is 19.8 Å². The van der Waals surface area contributed by atoms with Crippen LogP contribution >= 0.6 is 0 Å². The van der Waals surface area contributed by atoms with E-state index in [4.69, 9.17) is 10.5 Å². The number of hydrogen-bond donors (Lipinski definition) is 2. The molecule has 14 heavy (non-hydrogen) atoms. The second-order valence-electron chi connectivity index (χ2n) is 3.59. The first kappa shape index (κ1) is 13.4. The van der Waals surface area contributed by atoms with Crippen molar-refractivity contribution < 1.29 is 9.53 Å². The predicted molar refractivity (Wildman–Crippen MR) is 57.0 cm³/mol. The molecule has 4 heteroatoms. The molecule has 0 heterocycles. The fourth-order valence-corrected chi connectivity index (χ4v) is 1.23. The molecule has 84 valence electrons. The number of rotatable bonds is 7. The minimum Gasteiger partial charge on any atom is -0.385 e. The van der Waals surface area contributed by atoms with Gasteiger partial charge in [-0.05, 0) is 19.8 Å². The lowest BCUT2D eigenvalue weighted by molar-refractivity contribution is -0.123. The van der Waals surface area contributed by atoms with E-state index in [0.29, 0.717) is 13.0 Å². The minimum absolute atomic E-state index is 0.0806. The lowest BCUT2D eigenvalue weighted by Gasteiger charge is -2.16. The first-order valence-corrected chi connectivity index (χ1v) is 5.16. The van der Waals surface area contributed by atoms with E-state index in [1.165, 1.54) is 0 Å². The molecule has 0 fully saturated rings. The number of nitrogens with two attached hydrogens (primary N) is 1. The van der Waals surface area contributed by atoms with Crippen LogP contribution in [-0.4, -0.2) is 31.7 Å². The summed E-state index contributed by atoms with van der Waals surface area (Å²) in [7, 11) is 1.60. The minimum atomic E-state index is -0.450. The highest BCUT2D eigenvalue weighted by Gasteiger charge is 2.14. The summed E-state index contributed by atoms with van der Waals surface area (Å²) in [6.45, 7) is 4.61. The SMILES string of the molecule is CCCC(C)NC(=O)C(N)CCOC. The van der Waals surface area contributed by atoms with Crippen LogP contribution in [0.15, 0.2) is 0 Å². The summed E-state index contributed by atoms with van der Waals surface area (Å²) >= 11 is 0. The molecule has 0 saturated carbocycles. The Morgan fingerprint density at radius 3 is 2.64 bits per heavy atom. The van der Waals surface area contributed by atoms with Gasteiger partial charge in [0.1, 0.15) is 0 Å². The normalized spacial score (nSPS) is 14.9. The Labute approximate surface area is 86.2 Å². The monoisotopic (exact) mass is 202 g/mol. The Hall–Kier alpha value is -0.610. The zero-order chi connectivity index (χ0) is 11.0. The lowest BCUT2D eigenvalue weighted by atomic mass is 10.1. The van der Waals surface area contributed by atoms with Crippen LogP contribution in [0.2, 0.25) is 0 Å². The van der Waals surface area contributed by atoms with E-state index in [1.54, 1.807) is 7.11 Å². The van der Waals surface area contributed by atoms with Crippen LogP contribution in [0.5, 0.6) is 0 Å². The fourth-order valence-electron chi connectivity index (χ4n) is 1.23. The van der Waals surface area contributed by atoms with Gasteiger partial charge in [-0.3, -0.25) is 4.79 Å². The molecule has 0 rings (SSSR count). The van der Waals surface area contributed by atoms with E-state index in [9.17, 15) is 4.79 Å². The second-order valence-corrected chi connectivity index (χ2v) is 3.59. The average Bonchev–Trinajstić information content (AvgIpc) is 2.14. The van der Waals surface area contributed by atoms with Crippen LogP contribution < -0.4 is 11.1 Å². The quantitative estimate of drug-likeness (QED) is 0.637. The third-order valence-electron chi connectivity index (χ3n) is 2.08. The highest BCUT2D eigenvalue weighted by atomic mass is 16.5. The summed E-state index contributed by atoms with van der Waals surface area (Å²) in [6.07, 6.45) is 2.62. The molecule has 0 aliphatic rings. The number of carbonyl (C=O) groups is 1. The average molecular weight is 202 g/mol. The fraction of sp³-hybridized carbons (Fsp3) is 0.900. The molecule has 0 spiro atoms. The molecular weight excluding hydrogens is 180 g/mol. The maximum absolute atomic E-state index is 11.4. The lowest BCUT2D eigenvalue weighted by Crippen LogP contribution is -2.44. The number of nitrogens with one attached hydrogen (secondary N) is 1. The summed E-state index contributed by atoms with van der Waals surface area (Å²) in [4.78, 5) is 11.4. The molecular formula is C10H22N2O2. The topological polar surface area (TPSA) is 64.4 Å². The van der Waals surface area contributed by atoms with Crippen LogP contribution in [0.1, 0.15) is 33.1 Å². The highest BCUT2D eigenvalue weighted by Crippen LogP contribution is 1.96. The van der Waals surface area contributed by atoms with Crippen molar-refractivity contribution in [2.75, 3.05) is 13.7 Å². The van der Waals surface area contributed by atoms with Crippen LogP contribution in [-0.2, 0) is 9.53 Å². The standard InChI is InChI=1S/C10H22N2O2/c1-4-5-8(2)12-10(13)9(11)6-7-14-3/h8-9H,4-7,11H2,1-3H3,(H,12,13). The van der Waals surface area contributed by atoms with Crippen molar-refractivity contribution in [3.8, 4) is 0 Å². The molecule has 0 aliphatic carbocycles. The van der Waals surface area contributed by atoms with Gasteiger partial charge in [0.25, 0.3) is 0 Å². The van der Waals surface area contributed by atoms with Gasteiger partial charge in [-0.1, -0.05) is 13.3 Å². The van der Waals surface area contributed by atoms with Crippen molar-refractivity contribution >= 4 is 5.91 Å². The molecule has 0 aromatic rings. The van der Waals surface area contributed by atoms with Crippen molar-refractivity contribution in [2.45, 2.75) is 45.2 Å². The van der Waals surface area contributed by atoms with Crippen molar-refractivity contribution in [1.29, 1.82) is 0 Å². The Bertz CT molecular complexity index is 162. The third kappa shape index (κ3) is 5.94. The van der Waals surface area contributed by atoms with Gasteiger partial charge in [-0.25, -0.2) is 0 Å². The predicted octanol–water partition coefficient (Wildman–Crippen LogP) is 0.655. The van der Waals surface area contributed by atoms with Crippen LogP contribution in [0.4, 0.5) is 0 Å². The zero-order valence-corrected chi connectivity index (χ0v) is 9.38. The summed E-state index contributed by atoms with van der Waals surface area (Å²) in [5.41, 5.74) is 5.66. The van der Waals surface area contributed by atoms with Gasteiger partial charge in [-0.2, -0.15) is 0 Å². The molecule has 3 N–H and O–H groups in total. The number of methoxy groups -OCH3 is 1. The van der Waals surface area contributed by atoms with Crippen molar-refractivity contribution in [3.05, 3.63) is 0 Å². The second kappa shape index (κ2) is 7.76.